The predicted octanol–water partition coefficient (Wildman–Crippen LogP) is 2.42. The summed E-state index contributed by atoms with van der Waals surface area (Å²) in [5, 5.41) is 0. The van der Waals surface area contributed by atoms with Gasteiger partial charge in [-0.05, 0) is 31.2 Å². The molecule has 4 nitrogen and oxygen atoms in total. The van der Waals surface area contributed by atoms with Crippen molar-refractivity contribution in [2.24, 2.45) is 5.84 Å². The number of rotatable bonds is 2. The summed E-state index contributed by atoms with van der Waals surface area (Å²) in [6.07, 6.45) is 0. The van der Waals surface area contributed by atoms with E-state index in [1.54, 1.807) is 19.1 Å². The monoisotopic (exact) mass is 305 g/mol. The van der Waals surface area contributed by atoms with Crippen LogP contribution >= 0.6 is 15.9 Å². The zero-order chi connectivity index (χ0) is 13.1. The first-order valence-corrected chi connectivity index (χ1v) is 6.15. The fourth-order valence-electron chi connectivity index (χ4n) is 1.66. The highest BCUT2D eigenvalue weighted by Gasteiger charge is 2.09. The second kappa shape index (κ2) is 5.29. The Bertz CT molecular complexity index is 581. The van der Waals surface area contributed by atoms with E-state index in [-0.39, 0.29) is 5.91 Å². The normalized spacial score (nSPS) is 10.2. The van der Waals surface area contributed by atoms with Gasteiger partial charge in [-0.25, -0.2) is 5.84 Å². The molecule has 0 saturated heterocycles. The van der Waals surface area contributed by atoms with Crippen molar-refractivity contribution in [3.63, 3.8) is 0 Å². The van der Waals surface area contributed by atoms with Crippen LogP contribution in [0.25, 0.3) is 11.3 Å². The topological polar surface area (TPSA) is 68.0 Å². The van der Waals surface area contributed by atoms with Gasteiger partial charge in [-0.2, -0.15) is 0 Å². The first-order chi connectivity index (χ1) is 8.61. The van der Waals surface area contributed by atoms with Gasteiger partial charge in [-0.3, -0.25) is 15.2 Å². The quantitative estimate of drug-likeness (QED) is 0.509. The molecule has 0 radical (unpaired) electrons. The number of aryl methyl sites for hydroxylation is 1. The van der Waals surface area contributed by atoms with E-state index in [1.807, 2.05) is 24.3 Å². The molecule has 2 rings (SSSR count). The van der Waals surface area contributed by atoms with Crippen LogP contribution in [-0.4, -0.2) is 10.9 Å². The number of nitrogen functional groups attached to an aromatic ring is 1. The van der Waals surface area contributed by atoms with E-state index in [4.69, 9.17) is 5.84 Å². The van der Waals surface area contributed by atoms with Crippen LogP contribution in [0.3, 0.4) is 0 Å². The molecule has 2 aromatic rings. The second-order valence-corrected chi connectivity index (χ2v) is 4.73. The number of hydrogen-bond acceptors (Lipinski definition) is 3. The van der Waals surface area contributed by atoms with Crippen molar-refractivity contribution in [3.05, 3.63) is 52.1 Å². The highest BCUT2D eigenvalue weighted by molar-refractivity contribution is 9.10. The summed E-state index contributed by atoms with van der Waals surface area (Å²) >= 11 is 3.39. The third kappa shape index (κ3) is 2.57. The van der Waals surface area contributed by atoms with Crippen molar-refractivity contribution in [2.75, 3.05) is 0 Å². The number of benzene rings is 1. The van der Waals surface area contributed by atoms with Gasteiger partial charge in [0.05, 0.1) is 17.0 Å². The molecule has 18 heavy (non-hydrogen) atoms. The molecule has 0 unspecified atom stereocenters. The van der Waals surface area contributed by atoms with Crippen LogP contribution in [-0.2, 0) is 0 Å². The minimum Gasteiger partial charge on any atom is -0.290 e. The Labute approximate surface area is 113 Å². The fourth-order valence-corrected chi connectivity index (χ4v) is 1.92. The number of hydrogen-bond donors (Lipinski definition) is 2. The highest BCUT2D eigenvalue weighted by atomic mass is 79.9. The summed E-state index contributed by atoms with van der Waals surface area (Å²) < 4.78 is 1.02. The van der Waals surface area contributed by atoms with Gasteiger partial charge in [0.15, 0.2) is 0 Å². The third-order valence-corrected chi connectivity index (χ3v) is 3.13. The molecule has 1 aromatic carbocycles. The van der Waals surface area contributed by atoms with E-state index in [0.717, 1.165) is 15.7 Å². The SMILES string of the molecule is Cc1nc(-c2ccc(Br)cc2)ccc1C(=O)NN. The van der Waals surface area contributed by atoms with E-state index >= 15 is 0 Å². The lowest BCUT2D eigenvalue weighted by molar-refractivity contribution is 0.0952. The number of halogens is 1. The maximum absolute atomic E-state index is 11.4. The zero-order valence-corrected chi connectivity index (χ0v) is 11.4. The van der Waals surface area contributed by atoms with E-state index in [0.29, 0.717) is 11.3 Å². The van der Waals surface area contributed by atoms with Gasteiger partial charge in [-0.1, -0.05) is 28.1 Å². The standard InChI is InChI=1S/C13H12BrN3O/c1-8-11(13(18)17-15)6-7-12(16-8)9-2-4-10(14)5-3-9/h2-7H,15H2,1H3,(H,17,18). The lowest BCUT2D eigenvalue weighted by atomic mass is 10.1. The van der Waals surface area contributed by atoms with Gasteiger partial charge in [0, 0.05) is 10.0 Å². The molecule has 5 heteroatoms. The van der Waals surface area contributed by atoms with E-state index in [2.05, 4.69) is 26.3 Å². The number of nitrogens with zero attached hydrogens (tertiary/aromatic N) is 1. The van der Waals surface area contributed by atoms with Crippen molar-refractivity contribution in [2.45, 2.75) is 6.92 Å². The molecular formula is C13H12BrN3O. The van der Waals surface area contributed by atoms with Crippen molar-refractivity contribution in [3.8, 4) is 11.3 Å². The number of nitrogens with one attached hydrogen (secondary N) is 1. The average Bonchev–Trinajstić information content (AvgIpc) is 2.38. The van der Waals surface area contributed by atoms with Crippen LogP contribution in [0.1, 0.15) is 16.1 Å². The Morgan fingerprint density at radius 3 is 2.44 bits per heavy atom. The summed E-state index contributed by atoms with van der Waals surface area (Å²) in [4.78, 5) is 15.9. The van der Waals surface area contributed by atoms with Gasteiger partial charge < -0.3 is 0 Å². The lowest BCUT2D eigenvalue weighted by Gasteiger charge is -2.06. The van der Waals surface area contributed by atoms with E-state index in [1.165, 1.54) is 0 Å². The molecule has 1 aromatic heterocycles. The number of carbonyl (C=O) groups is 1. The molecule has 92 valence electrons. The Hall–Kier alpha value is -1.72. The molecule has 0 aliphatic heterocycles. The van der Waals surface area contributed by atoms with E-state index in [9.17, 15) is 4.79 Å². The van der Waals surface area contributed by atoms with Crippen molar-refractivity contribution in [1.82, 2.24) is 10.4 Å². The average molecular weight is 306 g/mol. The Balaban J connectivity index is 2.40. The molecule has 0 fully saturated rings. The van der Waals surface area contributed by atoms with Crippen LogP contribution in [0.5, 0.6) is 0 Å². The van der Waals surface area contributed by atoms with Crippen LogP contribution in [0.2, 0.25) is 0 Å². The third-order valence-electron chi connectivity index (χ3n) is 2.60. The fraction of sp³-hybridized carbons (Fsp3) is 0.0769. The highest BCUT2D eigenvalue weighted by Crippen LogP contribution is 2.21. The molecule has 1 heterocycles. The van der Waals surface area contributed by atoms with Crippen LogP contribution in [0.4, 0.5) is 0 Å². The molecule has 3 N–H and O–H groups in total. The molecule has 0 saturated carbocycles. The number of amides is 1. The largest absolute Gasteiger partial charge is 0.290 e. The molecule has 0 spiro atoms. The van der Waals surface area contributed by atoms with Crippen LogP contribution in [0, 0.1) is 6.92 Å². The summed E-state index contributed by atoms with van der Waals surface area (Å²) in [6, 6.07) is 11.4. The minimum atomic E-state index is -0.331. The summed E-state index contributed by atoms with van der Waals surface area (Å²) in [6.45, 7) is 1.78. The van der Waals surface area contributed by atoms with Gasteiger partial charge in [0.25, 0.3) is 5.91 Å². The summed E-state index contributed by atoms with van der Waals surface area (Å²) in [5.41, 5.74) is 5.07. The first-order valence-electron chi connectivity index (χ1n) is 5.36. The first kappa shape index (κ1) is 12.7. The maximum Gasteiger partial charge on any atom is 0.267 e. The van der Waals surface area contributed by atoms with Gasteiger partial charge >= 0.3 is 0 Å². The number of hydrazine groups is 1. The minimum absolute atomic E-state index is 0.331. The summed E-state index contributed by atoms with van der Waals surface area (Å²) in [7, 11) is 0. The maximum atomic E-state index is 11.4. The molecule has 1 amide bonds. The Kier molecular flexibility index (Phi) is 3.74. The molecule has 0 aliphatic rings. The summed E-state index contributed by atoms with van der Waals surface area (Å²) in [5.74, 6) is 4.78. The van der Waals surface area contributed by atoms with Crippen molar-refractivity contribution < 1.29 is 4.79 Å². The number of pyridine rings is 1. The van der Waals surface area contributed by atoms with Gasteiger partial charge in [-0.15, -0.1) is 0 Å². The Morgan fingerprint density at radius 2 is 1.89 bits per heavy atom. The van der Waals surface area contributed by atoms with Gasteiger partial charge in [0.1, 0.15) is 0 Å². The number of aromatic nitrogens is 1. The molecular weight excluding hydrogens is 294 g/mol. The molecule has 0 aliphatic carbocycles. The van der Waals surface area contributed by atoms with Crippen LogP contribution < -0.4 is 11.3 Å². The van der Waals surface area contributed by atoms with E-state index < -0.39 is 0 Å². The molecule has 0 atom stereocenters. The van der Waals surface area contributed by atoms with Crippen LogP contribution in [0.15, 0.2) is 40.9 Å². The number of carbonyl (C=O) groups excluding carboxylic acids is 1. The van der Waals surface area contributed by atoms with Crippen molar-refractivity contribution in [1.29, 1.82) is 0 Å². The van der Waals surface area contributed by atoms with Crippen molar-refractivity contribution >= 4 is 21.8 Å². The smallest absolute Gasteiger partial charge is 0.267 e. The Morgan fingerprint density at radius 1 is 1.22 bits per heavy atom. The second-order valence-electron chi connectivity index (χ2n) is 3.81. The predicted molar refractivity (Wildman–Crippen MR) is 73.8 cm³/mol. The van der Waals surface area contributed by atoms with Gasteiger partial charge in [0.2, 0.25) is 0 Å². The number of nitrogens with two attached hydrogens (primary N) is 1. The molecule has 0 bridgehead atoms. The lowest BCUT2D eigenvalue weighted by Crippen LogP contribution is -2.30. The zero-order valence-electron chi connectivity index (χ0n) is 9.77.